The lowest BCUT2D eigenvalue weighted by atomic mass is 10.4. The van der Waals surface area contributed by atoms with Crippen molar-refractivity contribution in [2.24, 2.45) is 11.5 Å². The predicted octanol–water partition coefficient (Wildman–Crippen LogP) is -0.436. The van der Waals surface area contributed by atoms with E-state index in [1.807, 2.05) is 0 Å². The van der Waals surface area contributed by atoms with Crippen molar-refractivity contribution in [2.45, 2.75) is 12.1 Å². The second-order valence-electron chi connectivity index (χ2n) is 2.80. The Morgan fingerprint density at radius 1 is 1.00 bits per heavy atom. The van der Waals surface area contributed by atoms with Crippen molar-refractivity contribution in [1.82, 2.24) is 0 Å². The summed E-state index contributed by atoms with van der Waals surface area (Å²) in [5.41, 5.74) is 10.9. The van der Waals surface area contributed by atoms with Crippen molar-refractivity contribution >= 4 is 48.5 Å². The van der Waals surface area contributed by atoms with E-state index in [1.165, 1.54) is 26.0 Å². The van der Waals surface area contributed by atoms with Gasteiger partial charge in [-0.1, -0.05) is 0 Å². The molecule has 0 aliphatic carbocycles. The summed E-state index contributed by atoms with van der Waals surface area (Å²) < 4.78 is 8.88. The SMILES string of the molecule is COC(=O)C(N)CSCC(N)C(=O)OC.Cl.Cl. The number of nitrogens with two attached hydrogens (primary N) is 2. The fourth-order valence-corrected chi connectivity index (χ4v) is 1.68. The monoisotopic (exact) mass is 308 g/mol. The summed E-state index contributed by atoms with van der Waals surface area (Å²) in [7, 11) is 2.54. The predicted molar refractivity (Wildman–Crippen MR) is 71.8 cm³/mol. The molecule has 0 aromatic heterocycles. The lowest BCUT2D eigenvalue weighted by Gasteiger charge is -2.11. The molecule has 0 saturated carbocycles. The Morgan fingerprint density at radius 2 is 1.29 bits per heavy atom. The van der Waals surface area contributed by atoms with Gasteiger partial charge in [0.25, 0.3) is 0 Å². The van der Waals surface area contributed by atoms with Crippen LogP contribution in [0.2, 0.25) is 0 Å². The van der Waals surface area contributed by atoms with Gasteiger partial charge in [-0.05, 0) is 0 Å². The van der Waals surface area contributed by atoms with E-state index in [2.05, 4.69) is 9.47 Å². The van der Waals surface area contributed by atoms with Crippen molar-refractivity contribution in [3.8, 4) is 0 Å². The van der Waals surface area contributed by atoms with Crippen molar-refractivity contribution in [2.75, 3.05) is 25.7 Å². The quantitative estimate of drug-likeness (QED) is 0.641. The van der Waals surface area contributed by atoms with Crippen LogP contribution in [0.5, 0.6) is 0 Å². The Bertz CT molecular complexity index is 212. The number of carbonyl (C=O) groups is 2. The van der Waals surface area contributed by atoms with Gasteiger partial charge in [0, 0.05) is 11.5 Å². The fraction of sp³-hybridized carbons (Fsp3) is 0.750. The maximum Gasteiger partial charge on any atom is 0.323 e. The number of carbonyl (C=O) groups excluding carboxylic acids is 2. The summed E-state index contributed by atoms with van der Waals surface area (Å²) in [6.07, 6.45) is 0. The minimum Gasteiger partial charge on any atom is -0.468 e. The Kier molecular flexibility index (Phi) is 15.9. The van der Waals surface area contributed by atoms with E-state index in [-0.39, 0.29) is 24.8 Å². The summed E-state index contributed by atoms with van der Waals surface area (Å²) >= 11 is 1.31. The zero-order valence-electron chi connectivity index (χ0n) is 9.58. The van der Waals surface area contributed by atoms with Gasteiger partial charge in [-0.15, -0.1) is 24.8 Å². The minimum absolute atomic E-state index is 0. The lowest BCUT2D eigenvalue weighted by molar-refractivity contribution is -0.142. The molecule has 2 unspecified atom stereocenters. The molecular formula is C8H18Cl2N2O4S. The van der Waals surface area contributed by atoms with Gasteiger partial charge in [-0.3, -0.25) is 9.59 Å². The molecule has 0 radical (unpaired) electrons. The molecule has 17 heavy (non-hydrogen) atoms. The second kappa shape index (κ2) is 12.3. The zero-order chi connectivity index (χ0) is 11.8. The third kappa shape index (κ3) is 9.49. The van der Waals surface area contributed by atoms with Gasteiger partial charge in [-0.25, -0.2) is 0 Å². The Morgan fingerprint density at radius 3 is 1.53 bits per heavy atom. The number of rotatable bonds is 6. The molecule has 0 amide bonds. The summed E-state index contributed by atoms with van der Waals surface area (Å²) in [6.45, 7) is 0. The molecule has 9 heteroatoms. The summed E-state index contributed by atoms with van der Waals surface area (Å²) in [6, 6.07) is -1.38. The highest BCUT2D eigenvalue weighted by atomic mass is 35.5. The number of esters is 2. The molecule has 104 valence electrons. The van der Waals surface area contributed by atoms with E-state index in [1.54, 1.807) is 0 Å². The van der Waals surface area contributed by atoms with E-state index in [4.69, 9.17) is 11.5 Å². The van der Waals surface area contributed by atoms with E-state index in [0.29, 0.717) is 11.5 Å². The number of hydrogen-bond acceptors (Lipinski definition) is 7. The van der Waals surface area contributed by atoms with Crippen molar-refractivity contribution < 1.29 is 19.1 Å². The van der Waals surface area contributed by atoms with Crippen LogP contribution in [0, 0.1) is 0 Å². The summed E-state index contributed by atoms with van der Waals surface area (Å²) in [5, 5.41) is 0. The number of halogens is 2. The van der Waals surface area contributed by atoms with Gasteiger partial charge in [0.1, 0.15) is 12.1 Å². The van der Waals surface area contributed by atoms with Crippen LogP contribution in [0.15, 0.2) is 0 Å². The van der Waals surface area contributed by atoms with Crippen LogP contribution in [0.3, 0.4) is 0 Å². The normalized spacial score (nSPS) is 12.5. The van der Waals surface area contributed by atoms with Gasteiger partial charge in [-0.2, -0.15) is 11.8 Å². The van der Waals surface area contributed by atoms with E-state index in [9.17, 15) is 9.59 Å². The molecule has 0 aliphatic heterocycles. The summed E-state index contributed by atoms with van der Waals surface area (Å²) in [5.74, 6) is -0.238. The molecule has 0 heterocycles. The molecule has 0 spiro atoms. The van der Waals surface area contributed by atoms with Gasteiger partial charge in [0.15, 0.2) is 0 Å². The molecule has 0 fully saturated rings. The molecule has 0 aromatic rings. The van der Waals surface area contributed by atoms with Crippen LogP contribution >= 0.6 is 36.6 Å². The number of thioether (sulfide) groups is 1. The average Bonchev–Trinajstić information content (AvgIpc) is 2.26. The van der Waals surface area contributed by atoms with Crippen molar-refractivity contribution in [1.29, 1.82) is 0 Å². The first kappa shape index (κ1) is 22.0. The van der Waals surface area contributed by atoms with Crippen LogP contribution < -0.4 is 11.5 Å². The molecule has 0 rings (SSSR count). The standard InChI is InChI=1S/C8H16N2O4S.2ClH/c1-13-7(11)5(9)3-15-4-6(10)8(12)14-2;;/h5-6H,3-4,9-10H2,1-2H3;2*1H. The van der Waals surface area contributed by atoms with Crippen LogP contribution in [0.1, 0.15) is 0 Å². The lowest BCUT2D eigenvalue weighted by Crippen LogP contribution is -2.37. The van der Waals surface area contributed by atoms with Crippen LogP contribution in [-0.2, 0) is 19.1 Å². The highest BCUT2D eigenvalue weighted by molar-refractivity contribution is 7.99. The van der Waals surface area contributed by atoms with Gasteiger partial charge < -0.3 is 20.9 Å². The Labute approximate surface area is 117 Å². The molecule has 6 nitrogen and oxygen atoms in total. The van der Waals surface area contributed by atoms with Gasteiger partial charge >= 0.3 is 11.9 Å². The van der Waals surface area contributed by atoms with Crippen molar-refractivity contribution in [3.63, 3.8) is 0 Å². The summed E-state index contributed by atoms with van der Waals surface area (Å²) in [4.78, 5) is 21.8. The maximum atomic E-state index is 10.9. The molecule has 0 aliphatic rings. The third-order valence-corrected chi connectivity index (χ3v) is 2.79. The molecule has 0 saturated heterocycles. The maximum absolute atomic E-state index is 10.9. The third-order valence-electron chi connectivity index (χ3n) is 1.60. The minimum atomic E-state index is -0.690. The molecule has 4 N–H and O–H groups in total. The zero-order valence-corrected chi connectivity index (χ0v) is 12.0. The van der Waals surface area contributed by atoms with Gasteiger partial charge in [0.2, 0.25) is 0 Å². The van der Waals surface area contributed by atoms with Crippen LogP contribution in [0.25, 0.3) is 0 Å². The van der Waals surface area contributed by atoms with E-state index in [0.717, 1.165) is 0 Å². The average molecular weight is 309 g/mol. The molecule has 2 atom stereocenters. The number of hydrogen-bond donors (Lipinski definition) is 2. The number of methoxy groups -OCH3 is 2. The second-order valence-corrected chi connectivity index (χ2v) is 3.87. The molecule has 0 bridgehead atoms. The van der Waals surface area contributed by atoms with Crippen LogP contribution in [-0.4, -0.2) is 49.7 Å². The van der Waals surface area contributed by atoms with Crippen molar-refractivity contribution in [3.05, 3.63) is 0 Å². The Balaban J connectivity index is -0.000000980. The largest absolute Gasteiger partial charge is 0.468 e. The smallest absolute Gasteiger partial charge is 0.323 e. The molecule has 0 aromatic carbocycles. The van der Waals surface area contributed by atoms with Gasteiger partial charge in [0.05, 0.1) is 14.2 Å². The fourth-order valence-electron chi connectivity index (χ4n) is 0.761. The van der Waals surface area contributed by atoms with Crippen LogP contribution in [0.4, 0.5) is 0 Å². The first-order valence-corrected chi connectivity index (χ1v) is 5.43. The van der Waals surface area contributed by atoms with E-state index < -0.39 is 24.0 Å². The van der Waals surface area contributed by atoms with E-state index >= 15 is 0 Å². The highest BCUT2D eigenvalue weighted by Crippen LogP contribution is 2.05. The molecular weight excluding hydrogens is 291 g/mol. The number of ether oxygens (including phenoxy) is 2. The first-order chi connectivity index (χ1) is 7.02. The highest BCUT2D eigenvalue weighted by Gasteiger charge is 2.17. The first-order valence-electron chi connectivity index (χ1n) is 4.27. The Hall–Kier alpha value is -0.210. The topological polar surface area (TPSA) is 105 Å².